The number of hydrogen-bond donors (Lipinski definition) is 0. The third kappa shape index (κ3) is 5.98. The monoisotopic (exact) mass is 449 g/mol. The molecule has 3 rings (SSSR count). The number of carbonyl (C=O) groups excluding carboxylic acids is 1. The van der Waals surface area contributed by atoms with Gasteiger partial charge < -0.3 is 23.8 Å². The Hall–Kier alpha value is -3.67. The molecule has 0 atom stereocenters. The smallest absolute Gasteiger partial charge is 0.254 e. The zero-order valence-corrected chi connectivity index (χ0v) is 19.8. The van der Waals surface area contributed by atoms with E-state index in [1.165, 1.54) is 21.3 Å². The van der Waals surface area contributed by atoms with Crippen LogP contribution >= 0.6 is 0 Å². The molecule has 174 valence electrons. The van der Waals surface area contributed by atoms with Crippen molar-refractivity contribution in [2.45, 2.75) is 33.0 Å². The lowest BCUT2D eigenvalue weighted by atomic mass is 10.1. The van der Waals surface area contributed by atoms with E-state index < -0.39 is 0 Å². The molecule has 0 bridgehead atoms. The van der Waals surface area contributed by atoms with E-state index in [0.29, 0.717) is 36.0 Å². The second-order valence-corrected chi connectivity index (χ2v) is 7.86. The topological polar surface area (TPSA) is 57.2 Å². The summed E-state index contributed by atoms with van der Waals surface area (Å²) in [6.07, 6.45) is 0. The first-order chi connectivity index (χ1) is 16.0. The number of nitrogens with zero attached hydrogens (tertiary/aromatic N) is 1. The molecular weight excluding hydrogens is 418 g/mol. The molecule has 0 fully saturated rings. The number of ether oxygens (including phenoxy) is 4. The van der Waals surface area contributed by atoms with Gasteiger partial charge in [0.1, 0.15) is 12.4 Å². The summed E-state index contributed by atoms with van der Waals surface area (Å²) in [6, 6.07) is 21.2. The van der Waals surface area contributed by atoms with Crippen molar-refractivity contribution in [3.8, 4) is 23.0 Å². The Morgan fingerprint density at radius 3 is 2.03 bits per heavy atom. The van der Waals surface area contributed by atoms with E-state index in [1.54, 1.807) is 17.0 Å². The molecule has 0 saturated carbocycles. The maximum absolute atomic E-state index is 13.5. The van der Waals surface area contributed by atoms with Gasteiger partial charge in [-0.05, 0) is 49.2 Å². The molecule has 0 unspecified atom stereocenters. The summed E-state index contributed by atoms with van der Waals surface area (Å²) in [7, 11) is 4.61. The number of methoxy groups -OCH3 is 3. The van der Waals surface area contributed by atoms with Gasteiger partial charge in [-0.15, -0.1) is 0 Å². The van der Waals surface area contributed by atoms with Gasteiger partial charge in [0.15, 0.2) is 11.5 Å². The average Bonchev–Trinajstić information content (AvgIpc) is 2.85. The van der Waals surface area contributed by atoms with Crippen LogP contribution in [0.2, 0.25) is 0 Å². The third-order valence-electron chi connectivity index (χ3n) is 5.30. The first-order valence-corrected chi connectivity index (χ1v) is 10.8. The molecule has 0 aliphatic carbocycles. The van der Waals surface area contributed by atoms with Crippen LogP contribution in [0.3, 0.4) is 0 Å². The minimum atomic E-state index is -0.125. The highest BCUT2D eigenvalue weighted by Gasteiger charge is 2.23. The van der Waals surface area contributed by atoms with Crippen molar-refractivity contribution >= 4 is 5.91 Å². The predicted molar refractivity (Wildman–Crippen MR) is 128 cm³/mol. The van der Waals surface area contributed by atoms with E-state index in [4.69, 9.17) is 18.9 Å². The molecule has 0 aliphatic rings. The minimum absolute atomic E-state index is 0.0227. The van der Waals surface area contributed by atoms with Gasteiger partial charge in [-0.2, -0.15) is 0 Å². The lowest BCUT2D eigenvalue weighted by molar-refractivity contribution is 0.0689. The maximum Gasteiger partial charge on any atom is 0.254 e. The number of amides is 1. The Morgan fingerprint density at radius 1 is 0.818 bits per heavy atom. The van der Waals surface area contributed by atoms with Crippen molar-refractivity contribution < 1.29 is 23.7 Å². The fraction of sp³-hybridized carbons (Fsp3) is 0.296. The largest absolute Gasteiger partial charge is 0.493 e. The summed E-state index contributed by atoms with van der Waals surface area (Å²) in [5, 5.41) is 0. The van der Waals surface area contributed by atoms with Crippen LogP contribution in [0.5, 0.6) is 23.0 Å². The standard InChI is InChI=1S/C27H31NO5/c1-19(2)28(27(29)22-15-24(30-3)26(32-5)25(16-22)31-4)17-21-12-9-13-23(14-21)33-18-20-10-7-6-8-11-20/h6-16,19H,17-18H2,1-5H3. The molecule has 1 amide bonds. The Labute approximate surface area is 195 Å². The highest BCUT2D eigenvalue weighted by Crippen LogP contribution is 2.38. The fourth-order valence-corrected chi connectivity index (χ4v) is 3.53. The van der Waals surface area contributed by atoms with Crippen molar-refractivity contribution in [1.29, 1.82) is 0 Å². The molecule has 0 N–H and O–H groups in total. The van der Waals surface area contributed by atoms with Gasteiger partial charge in [0.05, 0.1) is 21.3 Å². The van der Waals surface area contributed by atoms with Gasteiger partial charge in [0.25, 0.3) is 5.91 Å². The van der Waals surface area contributed by atoms with Crippen LogP contribution < -0.4 is 18.9 Å². The highest BCUT2D eigenvalue weighted by atomic mass is 16.5. The lowest BCUT2D eigenvalue weighted by Crippen LogP contribution is -2.36. The Balaban J connectivity index is 1.80. The third-order valence-corrected chi connectivity index (χ3v) is 5.30. The van der Waals surface area contributed by atoms with Gasteiger partial charge >= 0.3 is 0 Å². The van der Waals surface area contributed by atoms with Crippen LogP contribution in [0.15, 0.2) is 66.7 Å². The summed E-state index contributed by atoms with van der Waals surface area (Å²) in [4.78, 5) is 15.3. The van der Waals surface area contributed by atoms with E-state index >= 15 is 0 Å². The molecule has 6 heteroatoms. The van der Waals surface area contributed by atoms with Crippen molar-refractivity contribution in [3.63, 3.8) is 0 Å². The summed E-state index contributed by atoms with van der Waals surface area (Å²) in [6.45, 7) is 4.91. The van der Waals surface area contributed by atoms with Crippen LogP contribution in [0.25, 0.3) is 0 Å². The number of benzene rings is 3. The zero-order valence-electron chi connectivity index (χ0n) is 19.8. The Bertz CT molecular complexity index is 1040. The van der Waals surface area contributed by atoms with E-state index in [1.807, 2.05) is 68.4 Å². The molecule has 0 aliphatic heterocycles. The summed E-state index contributed by atoms with van der Waals surface area (Å²) in [5.41, 5.74) is 2.55. The van der Waals surface area contributed by atoms with Crippen molar-refractivity contribution in [3.05, 3.63) is 83.4 Å². The number of rotatable bonds is 10. The van der Waals surface area contributed by atoms with Gasteiger partial charge in [-0.3, -0.25) is 4.79 Å². The fourth-order valence-electron chi connectivity index (χ4n) is 3.53. The Kier molecular flexibility index (Phi) is 8.19. The summed E-state index contributed by atoms with van der Waals surface area (Å²) >= 11 is 0. The van der Waals surface area contributed by atoms with Gasteiger partial charge in [0.2, 0.25) is 5.75 Å². The lowest BCUT2D eigenvalue weighted by Gasteiger charge is -2.27. The summed E-state index contributed by atoms with van der Waals surface area (Å²) in [5.74, 6) is 1.98. The minimum Gasteiger partial charge on any atom is -0.493 e. The molecule has 33 heavy (non-hydrogen) atoms. The quantitative estimate of drug-likeness (QED) is 0.418. The van der Waals surface area contributed by atoms with Gasteiger partial charge in [0, 0.05) is 18.2 Å². The second kappa shape index (κ2) is 11.3. The van der Waals surface area contributed by atoms with Gasteiger partial charge in [-0.1, -0.05) is 42.5 Å². The first kappa shape index (κ1) is 24.0. The highest BCUT2D eigenvalue weighted by molar-refractivity contribution is 5.95. The molecular formula is C27H31NO5. The maximum atomic E-state index is 13.5. The van der Waals surface area contributed by atoms with E-state index in [0.717, 1.165) is 16.9 Å². The Morgan fingerprint density at radius 2 is 1.45 bits per heavy atom. The molecule has 3 aromatic carbocycles. The molecule has 0 saturated heterocycles. The van der Waals surface area contributed by atoms with Crippen LogP contribution in [0, 0.1) is 0 Å². The second-order valence-electron chi connectivity index (χ2n) is 7.86. The molecule has 0 radical (unpaired) electrons. The molecule has 0 heterocycles. The van der Waals surface area contributed by atoms with Crippen molar-refractivity contribution in [2.75, 3.05) is 21.3 Å². The van der Waals surface area contributed by atoms with E-state index in [9.17, 15) is 4.79 Å². The summed E-state index contributed by atoms with van der Waals surface area (Å²) < 4.78 is 22.2. The van der Waals surface area contributed by atoms with Crippen LogP contribution in [-0.4, -0.2) is 38.2 Å². The predicted octanol–water partition coefficient (Wildman–Crippen LogP) is 5.34. The van der Waals surface area contributed by atoms with E-state index in [2.05, 4.69) is 0 Å². The average molecular weight is 450 g/mol. The molecule has 0 spiro atoms. The molecule has 3 aromatic rings. The normalized spacial score (nSPS) is 10.6. The van der Waals surface area contributed by atoms with Crippen LogP contribution in [-0.2, 0) is 13.2 Å². The molecule has 6 nitrogen and oxygen atoms in total. The van der Waals surface area contributed by atoms with Crippen LogP contribution in [0.4, 0.5) is 0 Å². The number of carbonyl (C=O) groups is 1. The van der Waals surface area contributed by atoms with Crippen LogP contribution in [0.1, 0.15) is 35.3 Å². The first-order valence-electron chi connectivity index (χ1n) is 10.8. The SMILES string of the molecule is COc1cc(C(=O)N(Cc2cccc(OCc3ccccc3)c2)C(C)C)cc(OC)c1OC. The van der Waals surface area contributed by atoms with Crippen molar-refractivity contribution in [2.24, 2.45) is 0 Å². The van der Waals surface area contributed by atoms with Crippen molar-refractivity contribution in [1.82, 2.24) is 4.90 Å². The number of hydrogen-bond acceptors (Lipinski definition) is 5. The molecule has 0 aromatic heterocycles. The van der Waals surface area contributed by atoms with E-state index in [-0.39, 0.29) is 11.9 Å². The van der Waals surface area contributed by atoms with Gasteiger partial charge in [-0.25, -0.2) is 0 Å². The zero-order chi connectivity index (χ0) is 23.8.